The van der Waals surface area contributed by atoms with Crippen LogP contribution < -0.4 is 10.6 Å². The minimum Gasteiger partial charge on any atom is -0.376 e. The van der Waals surface area contributed by atoms with E-state index in [0.29, 0.717) is 6.54 Å². The van der Waals surface area contributed by atoms with Crippen molar-refractivity contribution in [3.8, 4) is 0 Å². The first-order chi connectivity index (χ1) is 7.15. The summed E-state index contributed by atoms with van der Waals surface area (Å²) in [5, 5.41) is 0. The highest BCUT2D eigenvalue weighted by atomic mass is 79.9. The number of pyridine rings is 1. The summed E-state index contributed by atoms with van der Waals surface area (Å²) in [6, 6.07) is 4.05. The van der Waals surface area contributed by atoms with E-state index in [0.717, 1.165) is 21.6 Å². The summed E-state index contributed by atoms with van der Waals surface area (Å²) in [6.45, 7) is 0.434. The van der Waals surface area contributed by atoms with E-state index >= 15 is 0 Å². The summed E-state index contributed by atoms with van der Waals surface area (Å²) >= 11 is 3.46. The maximum absolute atomic E-state index is 5.64. The summed E-state index contributed by atoms with van der Waals surface area (Å²) in [5.41, 5.74) is 7.82. The fraction of sp³-hybridized carbons (Fsp3) is 0.300. The van der Waals surface area contributed by atoms with E-state index in [1.165, 1.54) is 0 Å². The van der Waals surface area contributed by atoms with Crippen LogP contribution in [0.1, 0.15) is 5.82 Å². The van der Waals surface area contributed by atoms with Gasteiger partial charge in [-0.2, -0.15) is 0 Å². The van der Waals surface area contributed by atoms with Gasteiger partial charge in [0, 0.05) is 20.3 Å². The Morgan fingerprint density at radius 1 is 1.53 bits per heavy atom. The number of nitrogens with zero attached hydrogens (tertiary/aromatic N) is 3. The van der Waals surface area contributed by atoms with Crippen LogP contribution in [0, 0.1) is 0 Å². The summed E-state index contributed by atoms with van der Waals surface area (Å²) < 4.78 is 2.85. The molecule has 0 saturated heterocycles. The quantitative estimate of drug-likeness (QED) is 0.901. The molecule has 2 aromatic rings. The molecule has 5 heteroatoms. The Balaban J connectivity index is 2.80. The number of aromatic nitrogens is 2. The Labute approximate surface area is 96.8 Å². The zero-order chi connectivity index (χ0) is 11.0. The molecule has 0 bridgehead atoms. The van der Waals surface area contributed by atoms with Crippen molar-refractivity contribution in [2.75, 3.05) is 19.0 Å². The van der Waals surface area contributed by atoms with Crippen molar-refractivity contribution in [2.24, 2.45) is 5.73 Å². The van der Waals surface area contributed by atoms with E-state index in [4.69, 9.17) is 5.73 Å². The summed E-state index contributed by atoms with van der Waals surface area (Å²) in [4.78, 5) is 6.44. The summed E-state index contributed by atoms with van der Waals surface area (Å²) in [5.74, 6) is 0.862. The number of halogens is 1. The molecule has 0 aliphatic carbocycles. The minimum absolute atomic E-state index is 0.434. The van der Waals surface area contributed by atoms with Crippen LogP contribution in [0.2, 0.25) is 0 Å². The topological polar surface area (TPSA) is 46.6 Å². The molecule has 80 valence electrons. The Morgan fingerprint density at radius 3 is 2.87 bits per heavy atom. The van der Waals surface area contributed by atoms with Crippen molar-refractivity contribution in [3.63, 3.8) is 0 Å². The molecule has 2 aromatic heterocycles. The van der Waals surface area contributed by atoms with Crippen LogP contribution in [0.5, 0.6) is 0 Å². The zero-order valence-electron chi connectivity index (χ0n) is 8.74. The molecule has 0 aliphatic heterocycles. The predicted octanol–water partition coefficient (Wildman–Crippen LogP) is 1.62. The van der Waals surface area contributed by atoms with Gasteiger partial charge in [-0.05, 0) is 28.1 Å². The molecule has 0 unspecified atom stereocenters. The van der Waals surface area contributed by atoms with Gasteiger partial charge >= 0.3 is 0 Å². The highest BCUT2D eigenvalue weighted by Crippen LogP contribution is 2.27. The molecule has 15 heavy (non-hydrogen) atoms. The predicted molar refractivity (Wildman–Crippen MR) is 65.1 cm³/mol. The Bertz CT molecular complexity index is 489. The number of hydrogen-bond acceptors (Lipinski definition) is 3. The van der Waals surface area contributed by atoms with Crippen molar-refractivity contribution in [1.29, 1.82) is 0 Å². The largest absolute Gasteiger partial charge is 0.376 e. The molecule has 4 nitrogen and oxygen atoms in total. The summed E-state index contributed by atoms with van der Waals surface area (Å²) in [7, 11) is 4.02. The third-order valence-corrected chi connectivity index (χ3v) is 2.89. The van der Waals surface area contributed by atoms with E-state index in [9.17, 15) is 0 Å². The average molecular weight is 269 g/mol. The first-order valence-corrected chi connectivity index (χ1v) is 5.47. The first kappa shape index (κ1) is 10.4. The van der Waals surface area contributed by atoms with Crippen molar-refractivity contribution in [1.82, 2.24) is 9.38 Å². The number of nitrogens with two attached hydrogens (primary N) is 1. The Hall–Kier alpha value is -1.07. The van der Waals surface area contributed by atoms with E-state index < -0.39 is 0 Å². The van der Waals surface area contributed by atoms with Crippen LogP contribution in [0.15, 0.2) is 22.9 Å². The monoisotopic (exact) mass is 268 g/mol. The molecule has 2 heterocycles. The van der Waals surface area contributed by atoms with Crippen LogP contribution in [-0.4, -0.2) is 23.5 Å². The lowest BCUT2D eigenvalue weighted by Gasteiger charge is -2.14. The molecule has 0 saturated carbocycles. The second-order valence-corrected chi connectivity index (χ2v) is 4.28. The summed E-state index contributed by atoms with van der Waals surface area (Å²) in [6.07, 6.45) is 1.97. The van der Waals surface area contributed by atoms with Gasteiger partial charge in [0.05, 0.1) is 12.2 Å². The van der Waals surface area contributed by atoms with Crippen LogP contribution in [0.4, 0.5) is 5.69 Å². The van der Waals surface area contributed by atoms with E-state index in [2.05, 4.69) is 31.9 Å². The van der Waals surface area contributed by atoms with Gasteiger partial charge in [-0.1, -0.05) is 0 Å². The zero-order valence-corrected chi connectivity index (χ0v) is 10.3. The molecule has 0 radical (unpaired) electrons. The van der Waals surface area contributed by atoms with Crippen LogP contribution in [0.3, 0.4) is 0 Å². The standard InChI is InChI=1S/C10H13BrN4/c1-14(2)7-4-3-5-15-8(6-12)13-10(11)9(7)15/h3-5H,6,12H2,1-2H3. The maximum atomic E-state index is 5.64. The SMILES string of the molecule is CN(C)c1cccn2c(CN)nc(Br)c12. The normalized spacial score (nSPS) is 10.9. The number of hydrogen-bond donors (Lipinski definition) is 1. The van der Waals surface area contributed by atoms with E-state index in [1.807, 2.05) is 30.8 Å². The molecule has 0 aliphatic rings. The Kier molecular flexibility index (Phi) is 2.67. The van der Waals surface area contributed by atoms with Gasteiger partial charge in [0.15, 0.2) is 0 Å². The van der Waals surface area contributed by atoms with Gasteiger partial charge in [0.2, 0.25) is 0 Å². The molecule has 0 atom stereocenters. The lowest BCUT2D eigenvalue weighted by Crippen LogP contribution is -2.10. The highest BCUT2D eigenvalue weighted by Gasteiger charge is 2.12. The molecule has 0 fully saturated rings. The molecule has 0 spiro atoms. The van der Waals surface area contributed by atoms with Gasteiger partial charge in [-0.3, -0.25) is 4.40 Å². The van der Waals surface area contributed by atoms with Gasteiger partial charge in [-0.25, -0.2) is 4.98 Å². The number of imidazole rings is 1. The number of fused-ring (bicyclic) bond motifs is 1. The van der Waals surface area contributed by atoms with Gasteiger partial charge < -0.3 is 10.6 Å². The fourth-order valence-electron chi connectivity index (χ4n) is 1.64. The van der Waals surface area contributed by atoms with Crippen LogP contribution in [-0.2, 0) is 6.54 Å². The third-order valence-electron chi connectivity index (χ3n) is 2.34. The van der Waals surface area contributed by atoms with Crippen molar-refractivity contribution >= 4 is 27.1 Å². The molecular formula is C10H13BrN4. The van der Waals surface area contributed by atoms with Crippen molar-refractivity contribution in [3.05, 3.63) is 28.8 Å². The van der Waals surface area contributed by atoms with Gasteiger partial charge in [0.25, 0.3) is 0 Å². The molecule has 2 N–H and O–H groups in total. The van der Waals surface area contributed by atoms with E-state index in [-0.39, 0.29) is 0 Å². The molecule has 0 amide bonds. The Morgan fingerprint density at radius 2 is 2.27 bits per heavy atom. The van der Waals surface area contributed by atoms with Crippen LogP contribution >= 0.6 is 15.9 Å². The van der Waals surface area contributed by atoms with Crippen molar-refractivity contribution < 1.29 is 0 Å². The van der Waals surface area contributed by atoms with Gasteiger partial charge in [0.1, 0.15) is 15.9 Å². The second-order valence-electron chi connectivity index (χ2n) is 3.53. The highest BCUT2D eigenvalue weighted by molar-refractivity contribution is 9.10. The average Bonchev–Trinajstić information content (AvgIpc) is 2.55. The maximum Gasteiger partial charge on any atom is 0.134 e. The molecule has 0 aromatic carbocycles. The molecule has 2 rings (SSSR count). The smallest absolute Gasteiger partial charge is 0.134 e. The lowest BCUT2D eigenvalue weighted by molar-refractivity contribution is 0.900. The first-order valence-electron chi connectivity index (χ1n) is 4.68. The third kappa shape index (κ3) is 1.61. The molecular weight excluding hydrogens is 256 g/mol. The van der Waals surface area contributed by atoms with E-state index in [1.54, 1.807) is 0 Å². The minimum atomic E-state index is 0.434. The second kappa shape index (κ2) is 3.83. The van der Waals surface area contributed by atoms with Gasteiger partial charge in [-0.15, -0.1) is 0 Å². The van der Waals surface area contributed by atoms with Crippen molar-refractivity contribution in [2.45, 2.75) is 6.54 Å². The number of rotatable bonds is 2. The fourth-order valence-corrected chi connectivity index (χ4v) is 2.24. The lowest BCUT2D eigenvalue weighted by atomic mass is 10.3. The van der Waals surface area contributed by atoms with Crippen LogP contribution in [0.25, 0.3) is 5.52 Å². The number of anilines is 1.